The number of carbonyl (C=O) groups excluding carboxylic acids is 2. The lowest BCUT2D eigenvalue weighted by Gasteiger charge is -2.37. The van der Waals surface area contributed by atoms with E-state index in [0.29, 0.717) is 140 Å². The third kappa shape index (κ3) is 14.3. The van der Waals surface area contributed by atoms with Gasteiger partial charge in [0.1, 0.15) is 19.2 Å². The first-order valence-electron chi connectivity index (χ1n) is 20.4. The molecule has 5 rings (SSSR count). The van der Waals surface area contributed by atoms with Gasteiger partial charge in [-0.05, 0) is 26.2 Å². The highest BCUT2D eigenvalue weighted by molar-refractivity contribution is 5.80. The molecule has 6 N–H and O–H groups in total. The molecule has 2 aliphatic heterocycles. The molecule has 324 valence electrons. The van der Waals surface area contributed by atoms with E-state index in [-0.39, 0.29) is 31.6 Å². The number of hydrogen-bond donors (Lipinski definition) is 4. The van der Waals surface area contributed by atoms with Crippen LogP contribution in [0.5, 0.6) is 0 Å². The molecule has 5 heterocycles. The molecule has 2 atom stereocenters. The van der Waals surface area contributed by atoms with Gasteiger partial charge < -0.3 is 55.1 Å². The lowest BCUT2D eigenvalue weighted by atomic mass is 10.1. The number of carbonyl (C=O) groups is 2. The van der Waals surface area contributed by atoms with Gasteiger partial charge in [-0.2, -0.15) is 15.0 Å². The molecule has 1 unspecified atom stereocenters. The summed E-state index contributed by atoms with van der Waals surface area (Å²) in [5.74, 6) is 3.68. The van der Waals surface area contributed by atoms with Crippen LogP contribution in [0.15, 0.2) is 12.4 Å². The van der Waals surface area contributed by atoms with Crippen molar-refractivity contribution in [2.75, 3.05) is 127 Å². The standard InChI is InChI=1S/C37H59N15O7/c1-3-19-57-21-23-59-24-22-58-20-9-39-35-40-36(49-14-10-47(11-15-49)33(55)28-51-26-30(7-18-53)43-45-51)42-37(41-35)50-16-12-48(13-17-50)34(56)32(6-4-5-8-38)52-27-31(44-46-52)25-29(2)54/h1,26-27,29,32,53-54H,4-25,28,38H2,2H3,(H,39,40,41,42)/p+1/t29?,32-/m0/s1. The van der Waals surface area contributed by atoms with E-state index in [0.717, 1.165) is 19.4 Å². The number of nitrogens with zero attached hydrogens (tertiary/aromatic N) is 13. The zero-order valence-corrected chi connectivity index (χ0v) is 34.1. The van der Waals surface area contributed by atoms with Crippen molar-refractivity contribution in [3.63, 3.8) is 0 Å². The predicted molar refractivity (Wildman–Crippen MR) is 214 cm³/mol. The molecule has 22 nitrogen and oxygen atoms in total. The summed E-state index contributed by atoms with van der Waals surface area (Å²) in [6.07, 6.45) is 11.1. The summed E-state index contributed by atoms with van der Waals surface area (Å²) in [4.78, 5) is 49.3. The summed E-state index contributed by atoms with van der Waals surface area (Å²) in [6.45, 7) is 9.19. The summed E-state index contributed by atoms with van der Waals surface area (Å²) in [6, 6.07) is -0.505. The van der Waals surface area contributed by atoms with E-state index < -0.39 is 12.1 Å². The van der Waals surface area contributed by atoms with Crippen molar-refractivity contribution in [2.45, 2.75) is 57.7 Å². The Hall–Kier alpha value is -5.05. The molecule has 3 aromatic heterocycles. The van der Waals surface area contributed by atoms with Gasteiger partial charge in [-0.3, -0.25) is 9.59 Å². The number of quaternary nitrogens is 1. The van der Waals surface area contributed by atoms with Crippen molar-refractivity contribution in [3.8, 4) is 12.3 Å². The van der Waals surface area contributed by atoms with Crippen molar-refractivity contribution in [3.05, 3.63) is 23.8 Å². The summed E-state index contributed by atoms with van der Waals surface area (Å²) in [5, 5.41) is 38.8. The Kier molecular flexibility index (Phi) is 18.4. The third-order valence-electron chi connectivity index (χ3n) is 9.76. The van der Waals surface area contributed by atoms with Crippen LogP contribution < -0.4 is 20.9 Å². The number of aliphatic hydroxyl groups is 2. The number of anilines is 3. The zero-order chi connectivity index (χ0) is 41.8. The topological polar surface area (TPSA) is 255 Å². The van der Waals surface area contributed by atoms with E-state index in [1.807, 2.05) is 9.80 Å². The lowest BCUT2D eigenvalue weighted by molar-refractivity contribution is -0.368. The molecule has 0 bridgehead atoms. The van der Waals surface area contributed by atoms with Gasteiger partial charge in [-0.25, -0.2) is 9.36 Å². The minimum absolute atomic E-state index is 0.0228. The highest BCUT2D eigenvalue weighted by atomic mass is 16.5. The molecule has 2 amide bonds. The summed E-state index contributed by atoms with van der Waals surface area (Å²) in [7, 11) is 0. The van der Waals surface area contributed by atoms with E-state index in [1.165, 1.54) is 4.68 Å². The maximum absolute atomic E-state index is 14.0. The zero-order valence-electron chi connectivity index (χ0n) is 34.1. The Bertz CT molecular complexity index is 1750. The fourth-order valence-electron chi connectivity index (χ4n) is 6.64. The van der Waals surface area contributed by atoms with Gasteiger partial charge in [0.2, 0.25) is 29.7 Å². The van der Waals surface area contributed by atoms with Gasteiger partial charge in [0.05, 0.1) is 57.1 Å². The quantitative estimate of drug-likeness (QED) is 0.0499. The first kappa shape index (κ1) is 45.0. The molecule has 3 aromatic rings. The molecule has 0 aromatic carbocycles. The second-order valence-electron chi connectivity index (χ2n) is 14.3. The normalized spacial score (nSPS) is 15.6. The second-order valence-corrected chi connectivity index (χ2v) is 14.3. The molecule has 0 saturated carbocycles. The van der Waals surface area contributed by atoms with Crippen LogP contribution in [0.2, 0.25) is 0 Å². The Morgan fingerprint density at radius 1 is 0.864 bits per heavy atom. The van der Waals surface area contributed by atoms with Crippen molar-refractivity contribution >= 4 is 29.7 Å². The number of ether oxygens (including phenoxy) is 3. The first-order valence-corrected chi connectivity index (χ1v) is 20.4. The lowest BCUT2D eigenvalue weighted by Crippen LogP contribution is -2.52. The SMILES string of the molecule is C#CCOCCOCCOCCNc1nc(N2CCN(C(=O)Cn3cc(CCO)nn3)CC2)nc(N2CCN(C(=O)[C@H](CCCC[NH3+])n3cc(CC(C)O)nn3)CC2)n1. The van der Waals surface area contributed by atoms with E-state index >= 15 is 0 Å². The smallest absolute Gasteiger partial charge is 0.247 e. The Balaban J connectivity index is 1.20. The first-order chi connectivity index (χ1) is 28.8. The summed E-state index contributed by atoms with van der Waals surface area (Å²) in [5.41, 5.74) is 5.22. The van der Waals surface area contributed by atoms with E-state index in [4.69, 9.17) is 35.6 Å². The van der Waals surface area contributed by atoms with Crippen LogP contribution in [-0.4, -0.2) is 195 Å². The van der Waals surface area contributed by atoms with Crippen molar-refractivity contribution in [1.29, 1.82) is 0 Å². The van der Waals surface area contributed by atoms with Crippen molar-refractivity contribution in [1.82, 2.24) is 54.7 Å². The largest absolute Gasteiger partial charge is 0.396 e. The Morgan fingerprint density at radius 2 is 1.51 bits per heavy atom. The van der Waals surface area contributed by atoms with Crippen LogP contribution in [0.3, 0.4) is 0 Å². The molecule has 2 aliphatic rings. The summed E-state index contributed by atoms with van der Waals surface area (Å²) >= 11 is 0. The molecule has 0 radical (unpaired) electrons. The average molecular weight is 827 g/mol. The third-order valence-corrected chi connectivity index (χ3v) is 9.76. The summed E-state index contributed by atoms with van der Waals surface area (Å²) < 4.78 is 19.6. The Morgan fingerprint density at radius 3 is 2.15 bits per heavy atom. The monoisotopic (exact) mass is 826 g/mol. The maximum Gasteiger partial charge on any atom is 0.247 e. The highest BCUT2D eigenvalue weighted by Crippen LogP contribution is 2.23. The number of nitrogens with one attached hydrogen (secondary N) is 1. The van der Waals surface area contributed by atoms with Gasteiger partial charge in [0.15, 0.2) is 0 Å². The van der Waals surface area contributed by atoms with E-state index in [2.05, 4.69) is 42.5 Å². The molecule has 2 fully saturated rings. The highest BCUT2D eigenvalue weighted by Gasteiger charge is 2.31. The van der Waals surface area contributed by atoms with Crippen LogP contribution in [0.4, 0.5) is 17.8 Å². The fourth-order valence-corrected chi connectivity index (χ4v) is 6.64. The van der Waals surface area contributed by atoms with E-state index in [9.17, 15) is 19.8 Å². The molecule has 0 spiro atoms. The average Bonchev–Trinajstić information content (AvgIpc) is 3.90. The van der Waals surface area contributed by atoms with Gasteiger partial charge >= 0.3 is 0 Å². The second kappa shape index (κ2) is 24.1. The number of unbranched alkanes of at least 4 members (excludes halogenated alkanes) is 1. The van der Waals surface area contributed by atoms with Crippen molar-refractivity contribution < 1.29 is 39.7 Å². The number of terminal acetylenes is 1. The van der Waals surface area contributed by atoms with Crippen LogP contribution in [0, 0.1) is 12.3 Å². The number of aromatic nitrogens is 9. The fraction of sp³-hybridized carbons (Fsp3) is 0.703. The van der Waals surface area contributed by atoms with E-state index in [1.54, 1.807) is 28.9 Å². The van der Waals surface area contributed by atoms with Gasteiger partial charge in [0.25, 0.3) is 0 Å². The van der Waals surface area contributed by atoms with Gasteiger partial charge in [-0.15, -0.1) is 16.6 Å². The molecular weight excluding hydrogens is 767 g/mol. The molecule has 0 aliphatic carbocycles. The molecule has 2 saturated heterocycles. The van der Waals surface area contributed by atoms with Crippen molar-refractivity contribution in [2.24, 2.45) is 0 Å². The number of piperazine rings is 2. The van der Waals surface area contributed by atoms with Crippen LogP contribution in [-0.2, 0) is 43.2 Å². The molecule has 22 heteroatoms. The molecular formula is C37H60N15O7+. The van der Waals surface area contributed by atoms with Crippen LogP contribution >= 0.6 is 0 Å². The minimum atomic E-state index is -0.562. The maximum atomic E-state index is 14.0. The number of aliphatic hydroxyl groups excluding tert-OH is 2. The molecule has 59 heavy (non-hydrogen) atoms. The number of hydrogen-bond acceptors (Lipinski definition) is 17. The van der Waals surface area contributed by atoms with Crippen LogP contribution in [0.1, 0.15) is 43.6 Å². The van der Waals surface area contributed by atoms with Gasteiger partial charge in [0, 0.05) is 90.7 Å². The number of rotatable bonds is 25. The number of amides is 2. The van der Waals surface area contributed by atoms with Gasteiger partial charge in [-0.1, -0.05) is 16.3 Å². The van der Waals surface area contributed by atoms with Crippen LogP contribution in [0.25, 0.3) is 0 Å². The minimum Gasteiger partial charge on any atom is -0.396 e. The Labute approximate surface area is 344 Å². The predicted octanol–water partition coefficient (Wildman–Crippen LogP) is -2.74.